The number of nitrogens with zero attached hydrogens (tertiary/aromatic N) is 2. The molecular weight excluding hydrogens is 287 g/mol. The summed E-state index contributed by atoms with van der Waals surface area (Å²) < 4.78 is 16.0. The van der Waals surface area contributed by atoms with Gasteiger partial charge in [-0.3, -0.25) is 9.56 Å². The highest BCUT2D eigenvalue weighted by Crippen LogP contribution is 2.41. The van der Waals surface area contributed by atoms with Crippen molar-refractivity contribution in [2.45, 2.75) is 12.7 Å². The quantitative estimate of drug-likeness (QED) is 0.304. The first kappa shape index (κ1) is 16.2. The number of aliphatic imine (C=N–C) groups is 1. The predicted octanol–water partition coefficient (Wildman–Crippen LogP) is 1.36. The number of amidine groups is 1. The Kier molecular flexibility index (Phi) is 6.57. The fourth-order valence-corrected chi connectivity index (χ4v) is 2.92. The second-order valence-electron chi connectivity index (χ2n) is 3.68. The summed E-state index contributed by atoms with van der Waals surface area (Å²) in [6.07, 6.45) is 1.67. The van der Waals surface area contributed by atoms with Crippen LogP contribution in [0.5, 0.6) is 0 Å². The number of thioether (sulfide) groups is 1. The van der Waals surface area contributed by atoms with Gasteiger partial charge in [-0.05, 0) is 6.92 Å². The molecule has 0 amide bonds. The summed E-state index contributed by atoms with van der Waals surface area (Å²) >= 11 is 1.68. The van der Waals surface area contributed by atoms with Crippen molar-refractivity contribution in [2.24, 2.45) is 4.99 Å². The lowest BCUT2D eigenvalue weighted by Crippen LogP contribution is -2.20. The summed E-state index contributed by atoms with van der Waals surface area (Å²) in [6.45, 7) is 2.40. The van der Waals surface area contributed by atoms with Crippen LogP contribution in [-0.2, 0) is 14.8 Å². The molecule has 1 aromatic heterocycles. The van der Waals surface area contributed by atoms with E-state index in [9.17, 15) is 9.46 Å². The second-order valence-corrected chi connectivity index (χ2v) is 6.61. The summed E-state index contributed by atoms with van der Waals surface area (Å²) in [5.41, 5.74) is 2.08. The molecule has 108 valence electrons. The zero-order valence-corrected chi connectivity index (χ0v) is 12.9. The van der Waals surface area contributed by atoms with Gasteiger partial charge < -0.3 is 19.7 Å². The Hall–Kier alpha value is -0.820. The first-order chi connectivity index (χ1) is 9.01. The van der Waals surface area contributed by atoms with Crippen molar-refractivity contribution in [1.29, 1.82) is 0 Å². The smallest absolute Gasteiger partial charge is 0.367 e. The molecule has 9 heteroatoms. The van der Waals surface area contributed by atoms with Gasteiger partial charge in [0, 0.05) is 31.4 Å². The molecule has 0 spiro atoms. The Balaban J connectivity index is 2.37. The number of H-pyrrole nitrogens is 1. The molecule has 0 fully saturated rings. The SMILES string of the molecule is CN/C(=N\CCSCc1[nH]cnc1C)P(=O)(O)OC. The lowest BCUT2D eigenvalue weighted by Gasteiger charge is -2.11. The Labute approximate surface area is 116 Å². The van der Waals surface area contributed by atoms with E-state index < -0.39 is 7.60 Å². The second kappa shape index (κ2) is 7.69. The number of rotatable bonds is 7. The summed E-state index contributed by atoms with van der Waals surface area (Å²) in [5.74, 6) is 1.56. The minimum atomic E-state index is -3.77. The van der Waals surface area contributed by atoms with Crippen LogP contribution in [0.4, 0.5) is 0 Å². The van der Waals surface area contributed by atoms with E-state index in [0.29, 0.717) is 6.54 Å². The van der Waals surface area contributed by atoms with Crippen molar-refractivity contribution in [3.8, 4) is 0 Å². The molecule has 1 rings (SSSR count). The topological polar surface area (TPSA) is 99.6 Å². The first-order valence-electron chi connectivity index (χ1n) is 5.69. The van der Waals surface area contributed by atoms with Crippen LogP contribution in [0.25, 0.3) is 0 Å². The molecule has 19 heavy (non-hydrogen) atoms. The predicted molar refractivity (Wildman–Crippen MR) is 77.7 cm³/mol. The molecular formula is C10H19N4O3PS. The van der Waals surface area contributed by atoms with Crippen LogP contribution >= 0.6 is 19.4 Å². The van der Waals surface area contributed by atoms with Gasteiger partial charge in [-0.2, -0.15) is 11.8 Å². The maximum Gasteiger partial charge on any atom is 0.392 e. The minimum absolute atomic E-state index is 0.00618. The highest BCUT2D eigenvalue weighted by molar-refractivity contribution is 7.98. The number of aryl methyl sites for hydroxylation is 1. The third-order valence-electron chi connectivity index (χ3n) is 2.42. The van der Waals surface area contributed by atoms with E-state index in [1.165, 1.54) is 7.11 Å². The molecule has 0 aliphatic rings. The maximum absolute atomic E-state index is 11.5. The molecule has 0 saturated carbocycles. The average Bonchev–Trinajstić information content (AvgIpc) is 2.79. The normalized spacial score (nSPS) is 15.3. The molecule has 1 heterocycles. The Bertz CT molecular complexity index is 477. The van der Waals surface area contributed by atoms with E-state index in [2.05, 4.69) is 24.8 Å². The fraction of sp³-hybridized carbons (Fsp3) is 0.600. The van der Waals surface area contributed by atoms with Gasteiger partial charge in [0.1, 0.15) is 0 Å². The molecule has 0 bridgehead atoms. The van der Waals surface area contributed by atoms with Crippen LogP contribution in [0.15, 0.2) is 11.3 Å². The average molecular weight is 306 g/mol. The Morgan fingerprint density at radius 1 is 1.74 bits per heavy atom. The largest absolute Gasteiger partial charge is 0.392 e. The van der Waals surface area contributed by atoms with Gasteiger partial charge >= 0.3 is 7.60 Å². The van der Waals surface area contributed by atoms with E-state index in [1.54, 1.807) is 25.1 Å². The third-order valence-corrected chi connectivity index (χ3v) is 4.78. The number of aromatic amines is 1. The molecule has 0 radical (unpaired) electrons. The van der Waals surface area contributed by atoms with Gasteiger partial charge in [0.25, 0.3) is 0 Å². The summed E-state index contributed by atoms with van der Waals surface area (Å²) in [5, 5.41) is 2.59. The number of hydrogen-bond donors (Lipinski definition) is 3. The Morgan fingerprint density at radius 2 is 2.47 bits per heavy atom. The van der Waals surface area contributed by atoms with Gasteiger partial charge in [0.15, 0.2) is 0 Å². The van der Waals surface area contributed by atoms with Gasteiger partial charge in [0.2, 0.25) is 5.58 Å². The number of aromatic nitrogens is 2. The molecule has 1 aromatic rings. The molecule has 0 saturated heterocycles. The van der Waals surface area contributed by atoms with Crippen molar-refractivity contribution in [3.05, 3.63) is 17.7 Å². The van der Waals surface area contributed by atoms with Gasteiger partial charge in [-0.15, -0.1) is 0 Å². The van der Waals surface area contributed by atoms with Crippen LogP contribution in [0.2, 0.25) is 0 Å². The van der Waals surface area contributed by atoms with Crippen molar-refractivity contribution in [2.75, 3.05) is 26.5 Å². The van der Waals surface area contributed by atoms with Gasteiger partial charge in [-0.25, -0.2) is 4.98 Å². The van der Waals surface area contributed by atoms with E-state index in [-0.39, 0.29) is 5.58 Å². The van der Waals surface area contributed by atoms with Crippen molar-refractivity contribution in [3.63, 3.8) is 0 Å². The lowest BCUT2D eigenvalue weighted by molar-refractivity contribution is 0.330. The number of imidazole rings is 1. The van der Waals surface area contributed by atoms with E-state index >= 15 is 0 Å². The molecule has 0 aromatic carbocycles. The number of hydrogen-bond acceptors (Lipinski definition) is 5. The van der Waals surface area contributed by atoms with E-state index in [0.717, 1.165) is 22.9 Å². The molecule has 1 atom stereocenters. The summed E-state index contributed by atoms with van der Waals surface area (Å²) in [6, 6.07) is 0. The molecule has 0 aliphatic heterocycles. The van der Waals surface area contributed by atoms with Crippen LogP contribution in [0.3, 0.4) is 0 Å². The van der Waals surface area contributed by atoms with Crippen molar-refractivity contribution < 1.29 is 14.0 Å². The van der Waals surface area contributed by atoms with E-state index in [1.807, 2.05) is 6.92 Å². The zero-order chi connectivity index (χ0) is 14.3. The van der Waals surface area contributed by atoms with Crippen LogP contribution in [0, 0.1) is 6.92 Å². The fourth-order valence-electron chi connectivity index (χ4n) is 1.32. The van der Waals surface area contributed by atoms with Crippen LogP contribution in [-0.4, -0.2) is 46.9 Å². The first-order valence-corrected chi connectivity index (χ1v) is 8.42. The zero-order valence-electron chi connectivity index (χ0n) is 11.2. The van der Waals surface area contributed by atoms with Crippen LogP contribution in [0.1, 0.15) is 11.4 Å². The van der Waals surface area contributed by atoms with Gasteiger partial charge in [0.05, 0.1) is 18.6 Å². The van der Waals surface area contributed by atoms with Crippen molar-refractivity contribution >= 4 is 24.9 Å². The summed E-state index contributed by atoms with van der Waals surface area (Å²) in [4.78, 5) is 20.7. The number of nitrogens with one attached hydrogen (secondary N) is 2. The molecule has 1 unspecified atom stereocenters. The molecule has 7 nitrogen and oxygen atoms in total. The minimum Gasteiger partial charge on any atom is -0.367 e. The lowest BCUT2D eigenvalue weighted by atomic mass is 10.4. The third kappa shape index (κ3) is 4.99. The van der Waals surface area contributed by atoms with Crippen molar-refractivity contribution in [1.82, 2.24) is 15.3 Å². The standard InChI is InChI=1S/C10H19N4O3PS/c1-8-9(14-7-13-8)6-19-5-4-12-10(11-2)18(15,16)17-3/h7H,4-6H2,1-3H3,(H,11,12)(H,13,14)(H,15,16). The highest BCUT2D eigenvalue weighted by atomic mass is 32.2. The highest BCUT2D eigenvalue weighted by Gasteiger charge is 2.24. The Morgan fingerprint density at radius 3 is 3.00 bits per heavy atom. The van der Waals surface area contributed by atoms with Crippen LogP contribution < -0.4 is 5.32 Å². The van der Waals surface area contributed by atoms with E-state index in [4.69, 9.17) is 0 Å². The maximum atomic E-state index is 11.5. The summed E-state index contributed by atoms with van der Waals surface area (Å²) in [7, 11) is -1.05. The van der Waals surface area contributed by atoms with Gasteiger partial charge in [-0.1, -0.05) is 0 Å². The molecule has 0 aliphatic carbocycles. The monoisotopic (exact) mass is 306 g/mol. The molecule has 3 N–H and O–H groups in total.